The Bertz CT molecular complexity index is 2010. The first kappa shape index (κ1) is 33.2. The molecule has 258 valence electrons. The number of methoxy groups -OCH3 is 1. The summed E-state index contributed by atoms with van der Waals surface area (Å²) >= 11 is 6.85. The monoisotopic (exact) mass is 695 g/mol. The first-order valence-corrected chi connectivity index (χ1v) is 16.5. The highest BCUT2D eigenvalue weighted by Gasteiger charge is 2.57. The summed E-state index contributed by atoms with van der Waals surface area (Å²) in [5.74, 6) is -4.01. The number of nitrogens with zero attached hydrogens (tertiary/aromatic N) is 3. The fourth-order valence-corrected chi connectivity index (χ4v) is 7.02. The number of carbonyl (C=O) groups excluding carboxylic acids is 2. The number of nitrogens with two attached hydrogens (primary N) is 1. The topological polar surface area (TPSA) is 163 Å². The molecule has 0 saturated heterocycles. The number of rotatable bonds is 10. The summed E-state index contributed by atoms with van der Waals surface area (Å²) in [7, 11) is 1.46. The molecule has 3 aromatic heterocycles. The lowest BCUT2D eigenvalue weighted by atomic mass is 9.68. The summed E-state index contributed by atoms with van der Waals surface area (Å²) in [6.45, 7) is 4.85. The maximum absolute atomic E-state index is 14.4. The molecule has 2 fully saturated rings. The van der Waals surface area contributed by atoms with E-state index in [1.165, 1.54) is 25.3 Å². The fourth-order valence-electron chi connectivity index (χ4n) is 6.60. The lowest BCUT2D eigenvalue weighted by Gasteiger charge is -2.45. The van der Waals surface area contributed by atoms with Crippen molar-refractivity contribution in [2.45, 2.75) is 75.2 Å². The number of pyridine rings is 2. The number of primary amides is 1. The van der Waals surface area contributed by atoms with Crippen molar-refractivity contribution >= 4 is 34.5 Å². The van der Waals surface area contributed by atoms with Crippen LogP contribution in [0.3, 0.4) is 0 Å². The van der Waals surface area contributed by atoms with Crippen molar-refractivity contribution in [1.82, 2.24) is 20.3 Å². The van der Waals surface area contributed by atoms with Crippen LogP contribution in [0.25, 0.3) is 22.4 Å². The van der Waals surface area contributed by atoms with Crippen LogP contribution in [-0.2, 0) is 15.8 Å². The molecule has 2 atom stereocenters. The van der Waals surface area contributed by atoms with Crippen LogP contribution < -0.4 is 20.5 Å². The number of aliphatic hydroxyl groups is 1. The number of nitrogens with one attached hydrogen (secondary N) is 1. The Kier molecular flexibility index (Phi) is 7.86. The van der Waals surface area contributed by atoms with Gasteiger partial charge in [-0.25, -0.2) is 18.7 Å². The molecule has 0 bridgehead atoms. The maximum Gasteiger partial charge on any atom is 0.251 e. The van der Waals surface area contributed by atoms with E-state index in [0.717, 1.165) is 12.8 Å². The van der Waals surface area contributed by atoms with E-state index in [9.17, 15) is 23.5 Å². The zero-order valence-corrected chi connectivity index (χ0v) is 28.2. The standard InChI is InChI=1S/C35H36ClF2N5O6/c1-16(2)26-25(36)20(7-8-40-26)27-29-21(33(3,15-48-29)32(39)45)11-24(42-27)35(46,19-12-34(37,38)13-19)14-41-30(44)18-9-22(47-4)28-23(10-18)49-31(43-28)17-5-6-17/h7-11,16-17,19,46H,5-6,12-15H2,1-4H3,(H2,39,45)(H,41,44)/t33-,35+/m0/s1. The first-order chi connectivity index (χ1) is 23.1. The van der Waals surface area contributed by atoms with Gasteiger partial charge in [-0.1, -0.05) is 25.4 Å². The van der Waals surface area contributed by atoms with E-state index in [-0.39, 0.29) is 46.2 Å². The number of fused-ring (bicyclic) bond motifs is 2. The van der Waals surface area contributed by atoms with Gasteiger partial charge in [0.15, 0.2) is 17.0 Å². The summed E-state index contributed by atoms with van der Waals surface area (Å²) in [4.78, 5) is 40.2. The van der Waals surface area contributed by atoms with Gasteiger partial charge in [0, 0.05) is 47.6 Å². The van der Waals surface area contributed by atoms with Crippen LogP contribution in [0.4, 0.5) is 8.78 Å². The van der Waals surface area contributed by atoms with E-state index in [1.807, 2.05) is 13.8 Å². The summed E-state index contributed by atoms with van der Waals surface area (Å²) in [6.07, 6.45) is 2.21. The quantitative estimate of drug-likeness (QED) is 0.188. The minimum atomic E-state index is -3.02. The molecule has 3 aliphatic rings. The van der Waals surface area contributed by atoms with Gasteiger partial charge in [-0.05, 0) is 49.9 Å². The molecule has 0 radical (unpaired) electrons. The zero-order chi connectivity index (χ0) is 35.0. The molecule has 2 saturated carbocycles. The Hall–Kier alpha value is -4.36. The van der Waals surface area contributed by atoms with Gasteiger partial charge in [0.1, 0.15) is 34.8 Å². The minimum Gasteiger partial charge on any atom is -0.494 e. The highest BCUT2D eigenvalue weighted by molar-refractivity contribution is 6.34. The van der Waals surface area contributed by atoms with Gasteiger partial charge in [0.2, 0.25) is 11.8 Å². The van der Waals surface area contributed by atoms with Crippen LogP contribution in [0.5, 0.6) is 11.5 Å². The third kappa shape index (κ3) is 5.56. The Morgan fingerprint density at radius 2 is 1.96 bits per heavy atom. The molecule has 0 spiro atoms. The SMILES string of the molecule is COc1cc(C(=O)NC[C@](O)(c2cc3c(c(-c4ccnc(C(C)C)c4Cl)n2)OC[C@]3(C)C(N)=O)C2CC(F)(F)C2)cc2oc(C3CC3)nc12. The average molecular weight is 696 g/mol. The van der Waals surface area contributed by atoms with Crippen molar-refractivity contribution in [1.29, 1.82) is 0 Å². The van der Waals surface area contributed by atoms with Crippen molar-refractivity contribution in [3.63, 3.8) is 0 Å². The van der Waals surface area contributed by atoms with Crippen molar-refractivity contribution in [3.8, 4) is 22.8 Å². The Morgan fingerprint density at radius 1 is 1.22 bits per heavy atom. The maximum atomic E-state index is 14.4. The second-order valence-corrected chi connectivity index (χ2v) is 14.2. The predicted octanol–water partition coefficient (Wildman–Crippen LogP) is 5.75. The summed E-state index contributed by atoms with van der Waals surface area (Å²) < 4.78 is 46.2. The zero-order valence-electron chi connectivity index (χ0n) is 27.4. The van der Waals surface area contributed by atoms with Gasteiger partial charge >= 0.3 is 0 Å². The number of alkyl halides is 2. The smallest absolute Gasteiger partial charge is 0.251 e. The molecule has 0 unspecified atom stereocenters. The number of hydrogen-bond acceptors (Lipinski definition) is 9. The van der Waals surface area contributed by atoms with Gasteiger partial charge in [0.05, 0.1) is 30.1 Å². The van der Waals surface area contributed by atoms with Gasteiger partial charge in [0.25, 0.3) is 5.91 Å². The first-order valence-electron chi connectivity index (χ1n) is 16.2. The van der Waals surface area contributed by atoms with Gasteiger partial charge in [-0.3, -0.25) is 14.6 Å². The fraction of sp³-hybridized carbons (Fsp3) is 0.457. The molecular formula is C35H36ClF2N5O6. The normalized spacial score (nSPS) is 21.2. The molecule has 14 heteroatoms. The largest absolute Gasteiger partial charge is 0.494 e. The lowest BCUT2D eigenvalue weighted by Crippen LogP contribution is -2.54. The van der Waals surface area contributed by atoms with Crippen molar-refractivity contribution in [2.75, 3.05) is 20.3 Å². The highest BCUT2D eigenvalue weighted by atomic mass is 35.5. The number of carbonyl (C=O) groups is 2. The number of amides is 2. The number of benzene rings is 1. The van der Waals surface area contributed by atoms with E-state index in [4.69, 9.17) is 36.2 Å². The molecule has 4 heterocycles. The van der Waals surface area contributed by atoms with E-state index >= 15 is 0 Å². The van der Waals surface area contributed by atoms with Crippen LogP contribution in [0, 0.1) is 5.92 Å². The van der Waals surface area contributed by atoms with Crippen LogP contribution >= 0.6 is 11.6 Å². The van der Waals surface area contributed by atoms with E-state index in [2.05, 4.69) is 15.3 Å². The molecule has 1 aromatic carbocycles. The molecule has 2 aliphatic carbocycles. The summed E-state index contributed by atoms with van der Waals surface area (Å²) in [5, 5.41) is 15.4. The van der Waals surface area contributed by atoms with Crippen LogP contribution in [0.1, 0.15) is 91.5 Å². The average Bonchev–Trinajstić information content (AvgIpc) is 3.72. The number of aromatic nitrogens is 3. The Labute approximate surface area is 285 Å². The van der Waals surface area contributed by atoms with Crippen LogP contribution in [-0.4, -0.2) is 58.1 Å². The minimum absolute atomic E-state index is 0.0451. The number of oxazole rings is 1. The molecular weight excluding hydrogens is 660 g/mol. The van der Waals surface area contributed by atoms with Crippen LogP contribution in [0.15, 0.2) is 34.9 Å². The molecule has 11 nitrogen and oxygen atoms in total. The van der Waals surface area contributed by atoms with Crippen molar-refractivity contribution in [3.05, 3.63) is 63.9 Å². The van der Waals surface area contributed by atoms with Gasteiger partial charge < -0.3 is 30.0 Å². The van der Waals surface area contributed by atoms with Crippen LogP contribution in [0.2, 0.25) is 5.02 Å². The third-order valence-electron chi connectivity index (χ3n) is 9.95. The summed E-state index contributed by atoms with van der Waals surface area (Å²) in [6, 6.07) is 6.12. The Morgan fingerprint density at radius 3 is 2.59 bits per heavy atom. The second-order valence-electron chi connectivity index (χ2n) is 13.8. The number of hydrogen-bond donors (Lipinski definition) is 3. The molecule has 4 N–H and O–H groups in total. The molecule has 4 aromatic rings. The van der Waals surface area contributed by atoms with E-state index in [1.54, 1.807) is 19.2 Å². The predicted molar refractivity (Wildman–Crippen MR) is 175 cm³/mol. The second kappa shape index (κ2) is 11.6. The van der Waals surface area contributed by atoms with Crippen molar-refractivity contribution < 1.29 is 37.4 Å². The van der Waals surface area contributed by atoms with E-state index in [0.29, 0.717) is 39.6 Å². The molecule has 7 rings (SSSR count). The highest BCUT2D eigenvalue weighted by Crippen LogP contribution is 2.53. The lowest BCUT2D eigenvalue weighted by molar-refractivity contribution is -0.179. The molecule has 1 aliphatic heterocycles. The molecule has 2 amide bonds. The van der Waals surface area contributed by atoms with Crippen molar-refractivity contribution in [2.24, 2.45) is 11.7 Å². The van der Waals surface area contributed by atoms with E-state index < -0.39 is 54.1 Å². The van der Waals surface area contributed by atoms with Gasteiger partial charge in [-0.15, -0.1) is 0 Å². The molecule has 49 heavy (non-hydrogen) atoms. The van der Waals surface area contributed by atoms with Gasteiger partial charge in [-0.2, -0.15) is 0 Å². The number of ether oxygens (including phenoxy) is 2. The number of halogens is 3. The summed E-state index contributed by atoms with van der Waals surface area (Å²) in [5.41, 5.74) is 4.88. The Balaban J connectivity index is 1.31. The third-order valence-corrected chi connectivity index (χ3v) is 10.3.